The van der Waals surface area contributed by atoms with Crippen LogP contribution in [0.5, 0.6) is 0 Å². The van der Waals surface area contributed by atoms with E-state index in [1.54, 1.807) is 0 Å². The molecule has 4 atom stereocenters. The predicted octanol–water partition coefficient (Wildman–Crippen LogP) is 0.699. The molecule has 4 nitrogen and oxygen atoms in total. The number of hydrogen-bond acceptors (Lipinski definition) is 4. The van der Waals surface area contributed by atoms with Crippen molar-refractivity contribution in [3.05, 3.63) is 0 Å². The van der Waals surface area contributed by atoms with Crippen LogP contribution in [0.3, 0.4) is 0 Å². The molecule has 1 saturated carbocycles. The minimum Gasteiger partial charge on any atom is -0.465 e. The summed E-state index contributed by atoms with van der Waals surface area (Å²) < 4.78 is 16.6. The molecule has 1 aliphatic carbocycles. The third kappa shape index (κ3) is 1.04. The normalized spacial score (nSPS) is 48.9. The van der Waals surface area contributed by atoms with Gasteiger partial charge in [0.05, 0.1) is 18.6 Å². The maximum Gasteiger partial charge on any atom is 0.311 e. The molecular weight excluding hydrogens is 184 g/mol. The molecule has 0 aromatic rings. The molecule has 0 amide bonds. The lowest BCUT2D eigenvalue weighted by Crippen LogP contribution is -2.32. The highest BCUT2D eigenvalue weighted by Gasteiger charge is 2.58. The quantitative estimate of drug-likeness (QED) is 0.537. The van der Waals surface area contributed by atoms with Crippen molar-refractivity contribution in [3.8, 4) is 0 Å². The van der Waals surface area contributed by atoms with Gasteiger partial charge in [-0.25, -0.2) is 0 Å². The van der Waals surface area contributed by atoms with Crippen LogP contribution in [-0.4, -0.2) is 30.6 Å². The molecule has 4 heteroatoms. The third-order valence-electron chi connectivity index (χ3n) is 3.32. The summed E-state index contributed by atoms with van der Waals surface area (Å²) in [6.45, 7) is 4.29. The van der Waals surface area contributed by atoms with E-state index < -0.39 is 5.79 Å². The molecule has 2 aliphatic heterocycles. The highest BCUT2D eigenvalue weighted by molar-refractivity contribution is 5.75. The average Bonchev–Trinajstić information content (AvgIpc) is 2.53. The first kappa shape index (κ1) is 8.68. The summed E-state index contributed by atoms with van der Waals surface area (Å²) in [7, 11) is 0. The molecule has 2 heterocycles. The van der Waals surface area contributed by atoms with E-state index in [4.69, 9.17) is 14.2 Å². The zero-order valence-corrected chi connectivity index (χ0v) is 8.36. The Bertz CT molecular complexity index is 286. The van der Waals surface area contributed by atoms with E-state index in [1.165, 1.54) is 0 Å². The van der Waals surface area contributed by atoms with Gasteiger partial charge in [-0.3, -0.25) is 4.79 Å². The lowest BCUT2D eigenvalue weighted by molar-refractivity contribution is -0.182. The molecular formula is C10H14O4. The first-order chi connectivity index (χ1) is 6.57. The highest BCUT2D eigenvalue weighted by atomic mass is 16.8. The fourth-order valence-electron chi connectivity index (χ4n) is 2.78. The van der Waals surface area contributed by atoms with Crippen molar-refractivity contribution in [2.45, 2.75) is 38.3 Å². The van der Waals surface area contributed by atoms with Crippen LogP contribution in [-0.2, 0) is 19.0 Å². The SMILES string of the molecule is CC1(C)O[C@H]2[C@@H]3COC(=O)[C@@H](C3)[C@H]2O1. The standard InChI is InChI=1S/C10H14O4/c1-10(2)13-7-5-3-6(8(7)14-10)9(11)12-4-5/h5-8H,3-4H2,1-2H3/t5-,6-,7-,8+/m0/s1. The van der Waals surface area contributed by atoms with Gasteiger partial charge < -0.3 is 14.2 Å². The fourth-order valence-corrected chi connectivity index (χ4v) is 2.78. The molecule has 0 spiro atoms. The molecule has 2 bridgehead atoms. The summed E-state index contributed by atoms with van der Waals surface area (Å²) in [4.78, 5) is 11.4. The minimum atomic E-state index is -0.538. The molecule has 3 aliphatic rings. The number of esters is 1. The summed E-state index contributed by atoms with van der Waals surface area (Å²) in [5, 5.41) is 0. The van der Waals surface area contributed by atoms with E-state index in [-0.39, 0.29) is 24.1 Å². The van der Waals surface area contributed by atoms with E-state index in [0.717, 1.165) is 6.42 Å². The van der Waals surface area contributed by atoms with Crippen molar-refractivity contribution < 1.29 is 19.0 Å². The van der Waals surface area contributed by atoms with Gasteiger partial charge in [0, 0.05) is 5.92 Å². The van der Waals surface area contributed by atoms with Gasteiger partial charge >= 0.3 is 5.97 Å². The van der Waals surface area contributed by atoms with E-state index >= 15 is 0 Å². The second-order valence-electron chi connectivity index (χ2n) is 4.80. The number of hydrogen-bond donors (Lipinski definition) is 0. The number of fused-ring (bicyclic) bond motifs is 5. The first-order valence-corrected chi connectivity index (χ1v) is 5.09. The van der Waals surface area contributed by atoms with Crippen LogP contribution in [0, 0.1) is 11.8 Å². The maximum atomic E-state index is 11.4. The fraction of sp³-hybridized carbons (Fsp3) is 0.900. The molecule has 14 heavy (non-hydrogen) atoms. The molecule has 2 saturated heterocycles. The Balaban J connectivity index is 1.90. The lowest BCUT2D eigenvalue weighted by atomic mass is 10.0. The maximum absolute atomic E-state index is 11.4. The van der Waals surface area contributed by atoms with E-state index in [9.17, 15) is 4.79 Å². The number of rotatable bonds is 0. The van der Waals surface area contributed by atoms with Gasteiger partial charge in [0.25, 0.3) is 0 Å². The molecule has 0 radical (unpaired) electrons. The molecule has 3 fully saturated rings. The lowest BCUT2D eigenvalue weighted by Gasteiger charge is -2.25. The van der Waals surface area contributed by atoms with E-state index in [0.29, 0.717) is 12.5 Å². The number of carbonyl (C=O) groups excluding carboxylic acids is 1. The largest absolute Gasteiger partial charge is 0.465 e. The topological polar surface area (TPSA) is 44.8 Å². The second kappa shape index (κ2) is 2.49. The van der Waals surface area contributed by atoms with E-state index in [2.05, 4.69) is 0 Å². The molecule has 78 valence electrons. The van der Waals surface area contributed by atoms with Crippen LogP contribution in [0.4, 0.5) is 0 Å². The summed E-state index contributed by atoms with van der Waals surface area (Å²) in [5.74, 6) is -0.413. The summed E-state index contributed by atoms with van der Waals surface area (Å²) in [6.07, 6.45) is 0.844. The van der Waals surface area contributed by atoms with Gasteiger partial charge in [0.2, 0.25) is 0 Å². The van der Waals surface area contributed by atoms with Gasteiger partial charge in [-0.2, -0.15) is 0 Å². The van der Waals surface area contributed by atoms with E-state index in [1.807, 2.05) is 13.8 Å². The van der Waals surface area contributed by atoms with Gasteiger partial charge in [0.15, 0.2) is 5.79 Å². The zero-order chi connectivity index (χ0) is 9.92. The summed E-state index contributed by atoms with van der Waals surface area (Å²) >= 11 is 0. The van der Waals surface area contributed by atoms with Crippen molar-refractivity contribution in [1.29, 1.82) is 0 Å². The predicted molar refractivity (Wildman–Crippen MR) is 46.4 cm³/mol. The minimum absolute atomic E-state index is 0.0569. The van der Waals surface area contributed by atoms with Crippen LogP contribution in [0.15, 0.2) is 0 Å². The van der Waals surface area contributed by atoms with Crippen LogP contribution < -0.4 is 0 Å². The Morgan fingerprint density at radius 2 is 2.00 bits per heavy atom. The number of carbonyl (C=O) groups is 1. The Labute approximate surface area is 82.5 Å². The molecule has 0 aromatic heterocycles. The van der Waals surface area contributed by atoms with Crippen LogP contribution in [0.25, 0.3) is 0 Å². The van der Waals surface area contributed by atoms with Gasteiger partial charge in [-0.15, -0.1) is 0 Å². The van der Waals surface area contributed by atoms with Gasteiger partial charge in [-0.05, 0) is 20.3 Å². The summed E-state index contributed by atoms with van der Waals surface area (Å²) in [6, 6.07) is 0. The zero-order valence-electron chi connectivity index (χ0n) is 8.36. The highest BCUT2D eigenvalue weighted by Crippen LogP contribution is 2.47. The Kier molecular flexibility index (Phi) is 1.55. The Morgan fingerprint density at radius 3 is 2.79 bits per heavy atom. The second-order valence-corrected chi connectivity index (χ2v) is 4.80. The van der Waals surface area contributed by atoms with Crippen LogP contribution in [0.2, 0.25) is 0 Å². The Hall–Kier alpha value is -0.610. The van der Waals surface area contributed by atoms with Crippen molar-refractivity contribution in [3.63, 3.8) is 0 Å². The van der Waals surface area contributed by atoms with Crippen molar-refractivity contribution >= 4 is 5.97 Å². The van der Waals surface area contributed by atoms with Gasteiger partial charge in [-0.1, -0.05) is 0 Å². The summed E-state index contributed by atoms with van der Waals surface area (Å²) in [5.41, 5.74) is 0. The molecule has 0 unspecified atom stereocenters. The van der Waals surface area contributed by atoms with Crippen LogP contribution >= 0.6 is 0 Å². The molecule has 0 N–H and O–H groups in total. The van der Waals surface area contributed by atoms with Crippen LogP contribution in [0.1, 0.15) is 20.3 Å². The Morgan fingerprint density at radius 1 is 1.29 bits per heavy atom. The third-order valence-corrected chi connectivity index (χ3v) is 3.32. The molecule has 0 aromatic carbocycles. The number of ether oxygens (including phenoxy) is 3. The van der Waals surface area contributed by atoms with Gasteiger partial charge in [0.1, 0.15) is 6.10 Å². The average molecular weight is 198 g/mol. The number of cyclic esters (lactones) is 1. The smallest absolute Gasteiger partial charge is 0.311 e. The first-order valence-electron chi connectivity index (χ1n) is 5.09. The van der Waals surface area contributed by atoms with Crippen molar-refractivity contribution in [2.75, 3.05) is 6.61 Å². The molecule has 3 rings (SSSR count). The van der Waals surface area contributed by atoms with Crippen molar-refractivity contribution in [2.24, 2.45) is 11.8 Å². The monoisotopic (exact) mass is 198 g/mol. The van der Waals surface area contributed by atoms with Crippen molar-refractivity contribution in [1.82, 2.24) is 0 Å².